The number of aromatic nitrogens is 5. The van der Waals surface area contributed by atoms with Gasteiger partial charge >= 0.3 is 0 Å². The zero-order valence-electron chi connectivity index (χ0n) is 15.1. The first kappa shape index (κ1) is 16.7. The van der Waals surface area contributed by atoms with Crippen LogP contribution in [-0.4, -0.2) is 49.7 Å². The highest BCUT2D eigenvalue weighted by molar-refractivity contribution is 6.02. The molecule has 1 amide bonds. The van der Waals surface area contributed by atoms with Gasteiger partial charge in [0.2, 0.25) is 5.95 Å². The molecule has 1 fully saturated rings. The van der Waals surface area contributed by atoms with Gasteiger partial charge in [-0.1, -0.05) is 0 Å². The van der Waals surface area contributed by atoms with E-state index in [2.05, 4.69) is 25.4 Å². The molecule has 1 aliphatic heterocycles. The number of H-pyrrole nitrogens is 1. The molecule has 1 aliphatic rings. The molecule has 0 spiro atoms. The Labute approximate surface area is 159 Å². The molecule has 142 valence electrons. The lowest BCUT2D eigenvalue weighted by molar-refractivity contribution is 0.0697. The van der Waals surface area contributed by atoms with Crippen molar-refractivity contribution in [2.75, 3.05) is 18.9 Å². The van der Waals surface area contributed by atoms with Crippen LogP contribution in [-0.2, 0) is 4.74 Å². The fourth-order valence-electron chi connectivity index (χ4n) is 3.59. The average Bonchev–Trinajstić information content (AvgIpc) is 3.31. The lowest BCUT2D eigenvalue weighted by Crippen LogP contribution is -2.38. The van der Waals surface area contributed by atoms with Crippen LogP contribution in [0.2, 0.25) is 0 Å². The maximum Gasteiger partial charge on any atom is 0.255 e. The Bertz CT molecular complexity index is 1170. The Balaban J connectivity index is 1.51. The molecule has 9 heteroatoms. The number of rotatable bonds is 3. The number of nitrogens with zero attached hydrogens (tertiary/aromatic N) is 4. The summed E-state index contributed by atoms with van der Waals surface area (Å²) in [5.74, 6) is 0.105. The van der Waals surface area contributed by atoms with Crippen molar-refractivity contribution >= 4 is 28.4 Å². The van der Waals surface area contributed by atoms with Crippen LogP contribution in [0.15, 0.2) is 36.9 Å². The monoisotopic (exact) mass is 377 g/mol. The molecule has 4 aromatic rings. The summed E-state index contributed by atoms with van der Waals surface area (Å²) in [4.78, 5) is 24.2. The summed E-state index contributed by atoms with van der Waals surface area (Å²) in [7, 11) is 0. The first-order chi connectivity index (χ1) is 13.7. The molecular weight excluding hydrogens is 358 g/mol. The topological polar surface area (TPSA) is 123 Å². The van der Waals surface area contributed by atoms with E-state index in [4.69, 9.17) is 10.5 Å². The van der Waals surface area contributed by atoms with Gasteiger partial charge in [-0.25, -0.2) is 9.50 Å². The summed E-state index contributed by atoms with van der Waals surface area (Å²) in [5.41, 5.74) is 9.50. The molecule has 0 bridgehead atoms. The molecular formula is C19H19N7O2. The van der Waals surface area contributed by atoms with Gasteiger partial charge in [0.15, 0.2) is 0 Å². The molecule has 1 saturated heterocycles. The van der Waals surface area contributed by atoms with E-state index in [1.54, 1.807) is 16.9 Å². The number of carbonyl (C=O) groups excluding carboxylic acids is 1. The van der Waals surface area contributed by atoms with Crippen molar-refractivity contribution in [2.24, 2.45) is 0 Å². The summed E-state index contributed by atoms with van der Waals surface area (Å²) >= 11 is 0. The van der Waals surface area contributed by atoms with Gasteiger partial charge in [0.1, 0.15) is 5.65 Å². The third-order valence-corrected chi connectivity index (χ3v) is 5.08. The predicted molar refractivity (Wildman–Crippen MR) is 104 cm³/mol. The van der Waals surface area contributed by atoms with Crippen molar-refractivity contribution in [3.05, 3.63) is 42.5 Å². The van der Waals surface area contributed by atoms with Crippen molar-refractivity contribution in [3.63, 3.8) is 0 Å². The smallest absolute Gasteiger partial charge is 0.255 e. The van der Waals surface area contributed by atoms with Crippen LogP contribution in [0.1, 0.15) is 23.2 Å². The molecule has 0 unspecified atom stereocenters. The Morgan fingerprint density at radius 1 is 1.32 bits per heavy atom. The van der Waals surface area contributed by atoms with Crippen molar-refractivity contribution in [2.45, 2.75) is 18.9 Å². The van der Waals surface area contributed by atoms with E-state index < -0.39 is 0 Å². The summed E-state index contributed by atoms with van der Waals surface area (Å²) in [6.07, 6.45) is 8.66. The molecule has 0 radical (unpaired) electrons. The zero-order chi connectivity index (χ0) is 19.1. The number of carbonyl (C=O) groups is 1. The molecule has 0 saturated carbocycles. The molecule has 5 rings (SSSR count). The third kappa shape index (κ3) is 2.85. The second kappa shape index (κ2) is 6.61. The number of ether oxygens (including phenoxy) is 1. The maximum atomic E-state index is 12.8. The lowest BCUT2D eigenvalue weighted by atomic mass is 10.1. The van der Waals surface area contributed by atoms with E-state index in [-0.39, 0.29) is 17.9 Å². The Kier molecular flexibility index (Phi) is 3.94. The second-order valence-corrected chi connectivity index (χ2v) is 6.86. The van der Waals surface area contributed by atoms with Crippen LogP contribution >= 0.6 is 0 Å². The van der Waals surface area contributed by atoms with Crippen molar-refractivity contribution in [1.82, 2.24) is 29.9 Å². The van der Waals surface area contributed by atoms with Gasteiger partial charge in [-0.3, -0.25) is 4.79 Å². The predicted octanol–water partition coefficient (Wildman–Crippen LogP) is 1.76. The quantitative estimate of drug-likeness (QED) is 0.500. The van der Waals surface area contributed by atoms with Crippen LogP contribution < -0.4 is 11.1 Å². The fraction of sp³-hybridized carbons (Fsp3) is 0.263. The van der Waals surface area contributed by atoms with Gasteiger partial charge < -0.3 is 20.8 Å². The number of hydrogen-bond acceptors (Lipinski definition) is 6. The molecule has 9 nitrogen and oxygen atoms in total. The van der Waals surface area contributed by atoms with Gasteiger partial charge in [0.05, 0.1) is 17.3 Å². The summed E-state index contributed by atoms with van der Waals surface area (Å²) in [6.45, 7) is 1.36. The number of fused-ring (bicyclic) bond motifs is 2. The minimum atomic E-state index is -0.117. The summed E-state index contributed by atoms with van der Waals surface area (Å²) in [6, 6.07) is 4.03. The molecule has 0 aromatic carbocycles. The molecule has 0 atom stereocenters. The minimum Gasteiger partial charge on any atom is -0.381 e. The van der Waals surface area contributed by atoms with E-state index in [9.17, 15) is 4.79 Å². The van der Waals surface area contributed by atoms with Crippen LogP contribution in [0.5, 0.6) is 0 Å². The van der Waals surface area contributed by atoms with Gasteiger partial charge in [0, 0.05) is 48.8 Å². The van der Waals surface area contributed by atoms with E-state index in [0.717, 1.165) is 34.9 Å². The number of hydrogen-bond donors (Lipinski definition) is 3. The Morgan fingerprint density at radius 3 is 3.04 bits per heavy atom. The number of amides is 1. The molecule has 4 aromatic heterocycles. The van der Waals surface area contributed by atoms with Crippen LogP contribution in [0.25, 0.3) is 27.7 Å². The maximum absolute atomic E-state index is 12.8. The number of anilines is 1. The zero-order valence-corrected chi connectivity index (χ0v) is 15.1. The number of nitrogens with two attached hydrogens (primary N) is 1. The SMILES string of the molecule is Nc1ncc2c(-c3ccn4ncc(C(=O)NC5CCOCC5)c4c3)c[nH]c2n1. The lowest BCUT2D eigenvalue weighted by Gasteiger charge is -2.22. The van der Waals surface area contributed by atoms with Crippen LogP contribution in [0.4, 0.5) is 5.95 Å². The van der Waals surface area contributed by atoms with E-state index in [0.29, 0.717) is 24.4 Å². The molecule has 28 heavy (non-hydrogen) atoms. The minimum absolute atomic E-state index is 0.117. The number of aromatic amines is 1. The van der Waals surface area contributed by atoms with Gasteiger partial charge in [-0.2, -0.15) is 10.1 Å². The van der Waals surface area contributed by atoms with Gasteiger partial charge in [-0.15, -0.1) is 0 Å². The summed E-state index contributed by atoms with van der Waals surface area (Å²) in [5, 5.41) is 8.27. The number of pyridine rings is 1. The second-order valence-electron chi connectivity index (χ2n) is 6.86. The highest BCUT2D eigenvalue weighted by Crippen LogP contribution is 2.29. The molecule has 5 heterocycles. The first-order valence-corrected chi connectivity index (χ1v) is 9.15. The van der Waals surface area contributed by atoms with E-state index >= 15 is 0 Å². The van der Waals surface area contributed by atoms with E-state index in [1.807, 2.05) is 24.5 Å². The third-order valence-electron chi connectivity index (χ3n) is 5.08. The Morgan fingerprint density at radius 2 is 2.18 bits per heavy atom. The van der Waals surface area contributed by atoms with Crippen molar-refractivity contribution in [3.8, 4) is 11.1 Å². The number of nitrogen functional groups attached to an aromatic ring is 1. The van der Waals surface area contributed by atoms with Gasteiger partial charge in [0.25, 0.3) is 5.91 Å². The normalized spacial score (nSPS) is 15.3. The average molecular weight is 377 g/mol. The fourth-order valence-corrected chi connectivity index (χ4v) is 3.59. The van der Waals surface area contributed by atoms with Crippen LogP contribution in [0, 0.1) is 0 Å². The van der Waals surface area contributed by atoms with E-state index in [1.165, 1.54) is 0 Å². The summed E-state index contributed by atoms with van der Waals surface area (Å²) < 4.78 is 7.05. The molecule has 4 N–H and O–H groups in total. The first-order valence-electron chi connectivity index (χ1n) is 9.15. The molecule has 0 aliphatic carbocycles. The standard InChI is InChI=1S/C19H19N7O2/c20-19-22-9-14-13(8-21-17(14)25-19)11-1-4-26-16(7-11)15(10-23-26)18(27)24-12-2-5-28-6-3-12/h1,4,7-10,12H,2-3,5-6H2,(H,24,27)(H3,20,21,22,25). The Hall–Kier alpha value is -3.46. The highest BCUT2D eigenvalue weighted by Gasteiger charge is 2.20. The largest absolute Gasteiger partial charge is 0.381 e. The van der Waals surface area contributed by atoms with Crippen LogP contribution in [0.3, 0.4) is 0 Å². The highest BCUT2D eigenvalue weighted by atomic mass is 16.5. The number of nitrogens with one attached hydrogen (secondary N) is 2. The van der Waals surface area contributed by atoms with Crippen molar-refractivity contribution < 1.29 is 9.53 Å². The van der Waals surface area contributed by atoms with Gasteiger partial charge in [-0.05, 0) is 30.5 Å². The van der Waals surface area contributed by atoms with Crippen molar-refractivity contribution in [1.29, 1.82) is 0 Å².